The highest BCUT2D eigenvalue weighted by Crippen LogP contribution is 2.23. The van der Waals surface area contributed by atoms with E-state index in [4.69, 9.17) is 4.74 Å². The molecule has 0 fully saturated rings. The molecule has 0 aliphatic heterocycles. The third-order valence-corrected chi connectivity index (χ3v) is 4.08. The van der Waals surface area contributed by atoms with Gasteiger partial charge >= 0.3 is 0 Å². The number of nitrogens with one attached hydrogen (secondary N) is 1. The minimum absolute atomic E-state index is 0.229. The third kappa shape index (κ3) is 3.55. The molecule has 1 atom stereocenters. The summed E-state index contributed by atoms with van der Waals surface area (Å²) in [7, 11) is 1.54. The van der Waals surface area contributed by atoms with Crippen molar-refractivity contribution in [3.8, 4) is 5.75 Å². The molecule has 0 aliphatic rings. The van der Waals surface area contributed by atoms with Gasteiger partial charge < -0.3 is 10.1 Å². The topological polar surface area (TPSA) is 21.3 Å². The van der Waals surface area contributed by atoms with Crippen LogP contribution in [0, 0.1) is 5.82 Å². The van der Waals surface area contributed by atoms with Gasteiger partial charge in [-0.05, 0) is 23.9 Å². The predicted molar refractivity (Wildman–Crippen MR) is 77.1 cm³/mol. The van der Waals surface area contributed by atoms with Gasteiger partial charge in [-0.1, -0.05) is 19.1 Å². The molecule has 0 saturated heterocycles. The molecule has 102 valence electrons. The second-order valence-electron chi connectivity index (χ2n) is 4.31. The van der Waals surface area contributed by atoms with E-state index in [2.05, 4.69) is 23.7 Å². The Kier molecular flexibility index (Phi) is 4.93. The number of hydrogen-bond acceptors (Lipinski definition) is 3. The number of halogens is 1. The van der Waals surface area contributed by atoms with Crippen molar-refractivity contribution < 1.29 is 9.13 Å². The SMILES string of the molecule is CCC(NCc1ccc(OC)cc1F)c1cccs1. The Balaban J connectivity index is 2.01. The zero-order chi connectivity index (χ0) is 13.7. The van der Waals surface area contributed by atoms with Crippen LogP contribution in [0.5, 0.6) is 5.75 Å². The van der Waals surface area contributed by atoms with Gasteiger partial charge in [0.15, 0.2) is 0 Å². The molecule has 0 bridgehead atoms. The van der Waals surface area contributed by atoms with Gasteiger partial charge in [0.2, 0.25) is 0 Å². The number of methoxy groups -OCH3 is 1. The molecule has 0 saturated carbocycles. The summed E-state index contributed by atoms with van der Waals surface area (Å²) >= 11 is 1.72. The number of ether oxygens (including phenoxy) is 1. The van der Waals surface area contributed by atoms with Crippen LogP contribution in [0.4, 0.5) is 4.39 Å². The summed E-state index contributed by atoms with van der Waals surface area (Å²) in [4.78, 5) is 1.29. The average molecular weight is 279 g/mol. The van der Waals surface area contributed by atoms with Crippen LogP contribution in [0.3, 0.4) is 0 Å². The van der Waals surface area contributed by atoms with Crippen LogP contribution in [-0.4, -0.2) is 7.11 Å². The van der Waals surface area contributed by atoms with Crippen molar-refractivity contribution in [3.05, 3.63) is 52.0 Å². The van der Waals surface area contributed by atoms with E-state index in [9.17, 15) is 4.39 Å². The molecule has 1 aromatic carbocycles. The molecule has 19 heavy (non-hydrogen) atoms. The summed E-state index contributed by atoms with van der Waals surface area (Å²) in [6.45, 7) is 2.65. The molecule has 0 radical (unpaired) electrons. The zero-order valence-electron chi connectivity index (χ0n) is 11.2. The fourth-order valence-corrected chi connectivity index (χ4v) is 2.85. The number of hydrogen-bond donors (Lipinski definition) is 1. The predicted octanol–water partition coefficient (Wildman–Crippen LogP) is 4.14. The lowest BCUT2D eigenvalue weighted by molar-refractivity contribution is 0.410. The van der Waals surface area contributed by atoms with Crippen LogP contribution in [0.25, 0.3) is 0 Å². The minimum atomic E-state index is -0.229. The maximum atomic E-state index is 13.8. The zero-order valence-corrected chi connectivity index (χ0v) is 12.0. The van der Waals surface area contributed by atoms with Crippen LogP contribution in [-0.2, 0) is 6.54 Å². The summed E-state index contributed by atoms with van der Waals surface area (Å²) in [5.74, 6) is 0.319. The van der Waals surface area contributed by atoms with Gasteiger partial charge in [0.25, 0.3) is 0 Å². The number of rotatable bonds is 6. The summed E-state index contributed by atoms with van der Waals surface area (Å²) in [6.07, 6.45) is 0.984. The first kappa shape index (κ1) is 14.0. The Morgan fingerprint density at radius 2 is 2.21 bits per heavy atom. The molecule has 4 heteroatoms. The first-order valence-corrected chi connectivity index (χ1v) is 7.21. The quantitative estimate of drug-likeness (QED) is 0.858. The Labute approximate surface area is 117 Å². The van der Waals surface area contributed by atoms with Gasteiger partial charge in [0.05, 0.1) is 7.11 Å². The standard InChI is InChI=1S/C15H18FNOS/c1-3-14(15-5-4-8-19-15)17-10-11-6-7-12(18-2)9-13(11)16/h4-9,14,17H,3,10H2,1-2H3. The highest BCUT2D eigenvalue weighted by Gasteiger charge is 2.11. The van der Waals surface area contributed by atoms with E-state index in [1.165, 1.54) is 18.1 Å². The third-order valence-electron chi connectivity index (χ3n) is 3.09. The molecular formula is C15H18FNOS. The molecule has 0 spiro atoms. The Morgan fingerprint density at radius 1 is 1.37 bits per heavy atom. The molecule has 1 heterocycles. The monoisotopic (exact) mass is 279 g/mol. The van der Waals surface area contributed by atoms with Crippen molar-refractivity contribution in [2.75, 3.05) is 7.11 Å². The van der Waals surface area contributed by atoms with Crippen LogP contribution in [0.15, 0.2) is 35.7 Å². The van der Waals surface area contributed by atoms with Crippen molar-refractivity contribution in [1.29, 1.82) is 0 Å². The fourth-order valence-electron chi connectivity index (χ4n) is 1.97. The second kappa shape index (κ2) is 6.68. The smallest absolute Gasteiger partial charge is 0.131 e. The molecule has 2 aromatic rings. The van der Waals surface area contributed by atoms with E-state index < -0.39 is 0 Å². The van der Waals surface area contributed by atoms with Crippen molar-refractivity contribution in [2.24, 2.45) is 0 Å². The van der Waals surface area contributed by atoms with E-state index >= 15 is 0 Å². The van der Waals surface area contributed by atoms with E-state index in [0.29, 0.717) is 17.9 Å². The Bertz CT molecular complexity index is 513. The Morgan fingerprint density at radius 3 is 2.79 bits per heavy atom. The molecule has 1 unspecified atom stereocenters. The number of benzene rings is 1. The maximum Gasteiger partial charge on any atom is 0.131 e. The normalized spacial score (nSPS) is 12.4. The van der Waals surface area contributed by atoms with E-state index in [0.717, 1.165) is 6.42 Å². The second-order valence-corrected chi connectivity index (χ2v) is 5.29. The molecule has 1 N–H and O–H groups in total. The lowest BCUT2D eigenvalue weighted by Gasteiger charge is -2.16. The molecular weight excluding hydrogens is 261 g/mol. The highest BCUT2D eigenvalue weighted by molar-refractivity contribution is 7.10. The Hall–Kier alpha value is -1.39. The van der Waals surface area contributed by atoms with Crippen molar-refractivity contribution in [1.82, 2.24) is 5.32 Å². The van der Waals surface area contributed by atoms with Crippen LogP contribution in [0.2, 0.25) is 0 Å². The van der Waals surface area contributed by atoms with E-state index in [1.54, 1.807) is 23.5 Å². The molecule has 0 aliphatic carbocycles. The first-order valence-electron chi connectivity index (χ1n) is 6.33. The molecule has 0 amide bonds. The lowest BCUT2D eigenvalue weighted by atomic mass is 10.1. The summed E-state index contributed by atoms with van der Waals surface area (Å²) in [6, 6.07) is 9.40. The van der Waals surface area contributed by atoms with Crippen molar-refractivity contribution in [2.45, 2.75) is 25.9 Å². The lowest BCUT2D eigenvalue weighted by Crippen LogP contribution is -2.20. The maximum absolute atomic E-state index is 13.8. The largest absolute Gasteiger partial charge is 0.497 e. The van der Waals surface area contributed by atoms with Crippen LogP contribution in [0.1, 0.15) is 29.8 Å². The molecule has 2 nitrogen and oxygen atoms in total. The minimum Gasteiger partial charge on any atom is -0.497 e. The van der Waals surface area contributed by atoms with Gasteiger partial charge in [0, 0.05) is 29.1 Å². The highest BCUT2D eigenvalue weighted by atomic mass is 32.1. The van der Waals surface area contributed by atoms with Gasteiger partial charge in [-0.15, -0.1) is 11.3 Å². The molecule has 1 aromatic heterocycles. The van der Waals surface area contributed by atoms with Crippen molar-refractivity contribution >= 4 is 11.3 Å². The first-order chi connectivity index (χ1) is 9.24. The van der Waals surface area contributed by atoms with E-state index in [1.807, 2.05) is 6.07 Å². The van der Waals surface area contributed by atoms with E-state index in [-0.39, 0.29) is 11.9 Å². The van der Waals surface area contributed by atoms with Crippen LogP contribution < -0.4 is 10.1 Å². The summed E-state index contributed by atoms with van der Waals surface area (Å²) in [5, 5.41) is 5.46. The summed E-state index contributed by atoms with van der Waals surface area (Å²) in [5.41, 5.74) is 0.663. The molecule has 2 rings (SSSR count). The van der Waals surface area contributed by atoms with Gasteiger partial charge in [-0.2, -0.15) is 0 Å². The van der Waals surface area contributed by atoms with Gasteiger partial charge in [-0.3, -0.25) is 0 Å². The number of thiophene rings is 1. The van der Waals surface area contributed by atoms with Crippen LogP contribution >= 0.6 is 11.3 Å². The fraction of sp³-hybridized carbons (Fsp3) is 0.333. The average Bonchev–Trinajstić information content (AvgIpc) is 2.95. The summed E-state index contributed by atoms with van der Waals surface area (Å²) < 4.78 is 18.8. The van der Waals surface area contributed by atoms with Crippen molar-refractivity contribution in [3.63, 3.8) is 0 Å². The van der Waals surface area contributed by atoms with Gasteiger partial charge in [0.1, 0.15) is 11.6 Å². The van der Waals surface area contributed by atoms with Gasteiger partial charge in [-0.25, -0.2) is 4.39 Å².